The van der Waals surface area contributed by atoms with Gasteiger partial charge in [0.25, 0.3) is 5.91 Å². The number of methoxy groups -OCH3 is 1. The van der Waals surface area contributed by atoms with Crippen molar-refractivity contribution in [1.82, 2.24) is 0 Å². The van der Waals surface area contributed by atoms with Crippen molar-refractivity contribution in [1.29, 1.82) is 0 Å². The molecule has 0 unspecified atom stereocenters. The summed E-state index contributed by atoms with van der Waals surface area (Å²) in [6, 6.07) is 9.18. The highest BCUT2D eigenvalue weighted by molar-refractivity contribution is 6.33. The van der Waals surface area contributed by atoms with Gasteiger partial charge in [-0.3, -0.25) is 14.4 Å². The number of carbonyl (C=O) groups excluding carboxylic acids is 3. The Morgan fingerprint density at radius 2 is 1.88 bits per heavy atom. The van der Waals surface area contributed by atoms with E-state index < -0.39 is 36.1 Å². The summed E-state index contributed by atoms with van der Waals surface area (Å²) in [5, 5.41) is 2.08. The number of anilines is 2. The van der Waals surface area contributed by atoms with Gasteiger partial charge in [-0.25, -0.2) is 0 Å². The lowest BCUT2D eigenvalue weighted by atomic mass is 10.1. The third-order valence-electron chi connectivity index (χ3n) is 4.76. The van der Waals surface area contributed by atoms with Crippen molar-refractivity contribution in [3.8, 4) is 5.75 Å². The number of carbonyl (C=O) groups is 3. The second kappa shape index (κ2) is 9.47. The molecule has 1 aliphatic rings. The van der Waals surface area contributed by atoms with Gasteiger partial charge in [0.2, 0.25) is 5.91 Å². The van der Waals surface area contributed by atoms with Gasteiger partial charge in [-0.05, 0) is 42.5 Å². The zero-order chi connectivity index (χ0) is 23.5. The Labute approximate surface area is 186 Å². The van der Waals surface area contributed by atoms with E-state index in [1.54, 1.807) is 24.3 Å². The molecule has 3 rings (SSSR count). The van der Waals surface area contributed by atoms with Crippen LogP contribution in [0, 0.1) is 5.92 Å². The summed E-state index contributed by atoms with van der Waals surface area (Å²) in [6.45, 7) is -0.663. The number of halogens is 4. The summed E-state index contributed by atoms with van der Waals surface area (Å²) in [5.41, 5.74) is -0.662. The Hall–Kier alpha value is -3.27. The molecular formula is C21H18ClF3N2O5. The fourth-order valence-corrected chi connectivity index (χ4v) is 3.28. The highest BCUT2D eigenvalue weighted by Gasteiger charge is 2.36. The van der Waals surface area contributed by atoms with E-state index in [0.29, 0.717) is 17.5 Å². The number of alkyl halides is 3. The van der Waals surface area contributed by atoms with Crippen molar-refractivity contribution in [2.45, 2.75) is 12.6 Å². The highest BCUT2D eigenvalue weighted by Crippen LogP contribution is 2.34. The predicted octanol–water partition coefficient (Wildman–Crippen LogP) is 3.90. The summed E-state index contributed by atoms with van der Waals surface area (Å²) in [7, 11) is 1.51. The number of benzene rings is 2. The van der Waals surface area contributed by atoms with Crippen molar-refractivity contribution in [2.24, 2.45) is 5.92 Å². The summed E-state index contributed by atoms with van der Waals surface area (Å²) in [6.07, 6.45) is -4.70. The van der Waals surface area contributed by atoms with Crippen LogP contribution in [0.3, 0.4) is 0 Å². The van der Waals surface area contributed by atoms with E-state index >= 15 is 0 Å². The quantitative estimate of drug-likeness (QED) is 0.647. The van der Waals surface area contributed by atoms with Gasteiger partial charge in [0, 0.05) is 18.7 Å². The molecule has 2 amide bonds. The van der Waals surface area contributed by atoms with Crippen LogP contribution in [0.5, 0.6) is 5.75 Å². The lowest BCUT2D eigenvalue weighted by Crippen LogP contribution is -2.28. The third-order valence-corrected chi connectivity index (χ3v) is 5.09. The summed E-state index contributed by atoms with van der Waals surface area (Å²) < 4.78 is 48.5. The molecule has 0 saturated carbocycles. The second-order valence-electron chi connectivity index (χ2n) is 6.95. The van der Waals surface area contributed by atoms with Crippen LogP contribution in [0.15, 0.2) is 42.5 Å². The average molecular weight is 471 g/mol. The van der Waals surface area contributed by atoms with E-state index in [1.807, 2.05) is 0 Å². The molecule has 1 saturated heterocycles. The normalized spacial score (nSPS) is 16.1. The number of amides is 2. The summed E-state index contributed by atoms with van der Waals surface area (Å²) in [5.74, 6) is -2.08. The van der Waals surface area contributed by atoms with Crippen LogP contribution in [-0.2, 0) is 25.3 Å². The van der Waals surface area contributed by atoms with Gasteiger partial charge in [-0.15, -0.1) is 0 Å². The van der Waals surface area contributed by atoms with Crippen LogP contribution >= 0.6 is 11.6 Å². The highest BCUT2D eigenvalue weighted by atomic mass is 35.5. The minimum atomic E-state index is -4.61. The van der Waals surface area contributed by atoms with Gasteiger partial charge in [-0.2, -0.15) is 13.2 Å². The van der Waals surface area contributed by atoms with Gasteiger partial charge in [0.05, 0.1) is 29.3 Å². The number of esters is 1. The average Bonchev–Trinajstić information content (AvgIpc) is 3.14. The van der Waals surface area contributed by atoms with Crippen molar-refractivity contribution >= 4 is 40.8 Å². The second-order valence-corrected chi connectivity index (χ2v) is 7.36. The molecule has 170 valence electrons. The first-order valence-corrected chi connectivity index (χ1v) is 9.74. The molecule has 1 aliphatic heterocycles. The molecule has 7 nitrogen and oxygen atoms in total. The smallest absolute Gasteiger partial charge is 0.416 e. The van der Waals surface area contributed by atoms with E-state index in [2.05, 4.69) is 5.32 Å². The van der Waals surface area contributed by atoms with E-state index in [4.69, 9.17) is 21.1 Å². The molecule has 1 atom stereocenters. The molecule has 0 spiro atoms. The minimum Gasteiger partial charge on any atom is -0.497 e. The van der Waals surface area contributed by atoms with E-state index in [9.17, 15) is 27.6 Å². The number of nitrogens with one attached hydrogen (secondary N) is 1. The molecular weight excluding hydrogens is 453 g/mol. The fraction of sp³-hybridized carbons (Fsp3) is 0.286. The topological polar surface area (TPSA) is 84.9 Å². The minimum absolute atomic E-state index is 0.0745. The van der Waals surface area contributed by atoms with Crippen LogP contribution < -0.4 is 15.0 Å². The largest absolute Gasteiger partial charge is 0.497 e. The van der Waals surface area contributed by atoms with Gasteiger partial charge in [0.15, 0.2) is 6.61 Å². The van der Waals surface area contributed by atoms with Crippen molar-refractivity contribution in [2.75, 3.05) is 30.5 Å². The Balaban J connectivity index is 1.55. The molecule has 1 heterocycles. The molecule has 2 aromatic carbocycles. The first-order valence-electron chi connectivity index (χ1n) is 9.36. The first-order chi connectivity index (χ1) is 15.1. The van der Waals surface area contributed by atoms with Crippen molar-refractivity contribution in [3.63, 3.8) is 0 Å². The Bertz CT molecular complexity index is 1030. The van der Waals surface area contributed by atoms with Gasteiger partial charge < -0.3 is 19.7 Å². The number of hydrogen-bond donors (Lipinski definition) is 1. The van der Waals surface area contributed by atoms with Crippen LogP contribution in [0.4, 0.5) is 24.5 Å². The van der Waals surface area contributed by atoms with E-state index in [1.165, 1.54) is 12.0 Å². The maximum absolute atomic E-state index is 12.8. The predicted molar refractivity (Wildman–Crippen MR) is 109 cm³/mol. The maximum atomic E-state index is 12.8. The Morgan fingerprint density at radius 3 is 2.50 bits per heavy atom. The lowest BCUT2D eigenvalue weighted by molar-refractivity contribution is -0.151. The van der Waals surface area contributed by atoms with E-state index in [0.717, 1.165) is 12.1 Å². The Morgan fingerprint density at radius 1 is 1.19 bits per heavy atom. The van der Waals surface area contributed by atoms with Crippen LogP contribution in [0.2, 0.25) is 5.02 Å². The molecule has 2 aromatic rings. The first kappa shape index (κ1) is 23.4. The zero-order valence-electron chi connectivity index (χ0n) is 16.7. The van der Waals surface area contributed by atoms with Crippen LogP contribution in [0.25, 0.3) is 0 Å². The van der Waals surface area contributed by atoms with E-state index in [-0.39, 0.29) is 29.6 Å². The van der Waals surface area contributed by atoms with Crippen molar-refractivity contribution < 1.29 is 37.0 Å². The van der Waals surface area contributed by atoms with Gasteiger partial charge in [0.1, 0.15) is 5.75 Å². The third kappa shape index (κ3) is 5.50. The molecule has 0 aromatic heterocycles. The van der Waals surface area contributed by atoms with Crippen molar-refractivity contribution in [3.05, 3.63) is 53.1 Å². The SMILES string of the molecule is COc1ccc(N2C[C@@H](C(=O)OCC(=O)Nc3cc(C(F)(F)F)ccc3Cl)CC2=O)cc1. The Kier molecular flexibility index (Phi) is 6.93. The standard InChI is InChI=1S/C21H18ClF3N2O5/c1-31-15-5-3-14(4-6-15)27-10-12(8-19(27)29)20(30)32-11-18(28)26-17-9-13(21(23,24)25)2-7-16(17)22/h2-7,9,12H,8,10-11H2,1H3,(H,26,28)/t12-/m0/s1. The van der Waals surface area contributed by atoms with Gasteiger partial charge in [-0.1, -0.05) is 11.6 Å². The van der Waals surface area contributed by atoms with Crippen LogP contribution in [0.1, 0.15) is 12.0 Å². The summed E-state index contributed by atoms with van der Waals surface area (Å²) in [4.78, 5) is 38.0. The number of ether oxygens (including phenoxy) is 2. The molecule has 0 aliphatic carbocycles. The van der Waals surface area contributed by atoms with Crippen LogP contribution in [-0.4, -0.2) is 38.0 Å². The monoisotopic (exact) mass is 470 g/mol. The molecule has 0 bridgehead atoms. The number of nitrogens with zero attached hydrogens (tertiary/aromatic N) is 1. The molecule has 0 radical (unpaired) electrons. The fourth-order valence-electron chi connectivity index (χ4n) is 3.12. The van der Waals surface area contributed by atoms with Gasteiger partial charge >= 0.3 is 12.1 Å². The molecule has 11 heteroatoms. The summed E-state index contributed by atoms with van der Waals surface area (Å²) >= 11 is 5.83. The molecule has 1 fully saturated rings. The molecule has 1 N–H and O–H groups in total. The number of rotatable bonds is 6. The lowest BCUT2D eigenvalue weighted by Gasteiger charge is -2.17. The maximum Gasteiger partial charge on any atom is 0.416 e. The number of hydrogen-bond acceptors (Lipinski definition) is 5. The zero-order valence-corrected chi connectivity index (χ0v) is 17.5. The molecule has 32 heavy (non-hydrogen) atoms.